The van der Waals surface area contributed by atoms with Crippen LogP contribution in [0.4, 0.5) is 0 Å². The van der Waals surface area contributed by atoms with Crippen molar-refractivity contribution in [1.82, 2.24) is 0 Å². The van der Waals surface area contributed by atoms with Crippen molar-refractivity contribution < 1.29 is 33.3 Å². The summed E-state index contributed by atoms with van der Waals surface area (Å²) in [5, 5.41) is -1.14. The van der Waals surface area contributed by atoms with Gasteiger partial charge in [-0.25, -0.2) is 0 Å². The molecule has 7 nitrogen and oxygen atoms in total. The molecule has 0 unspecified atom stereocenters. The fraction of sp³-hybridized carbons (Fsp3) is 0.708. The largest absolute Gasteiger partial charge is 0.462 e. The van der Waals surface area contributed by atoms with Gasteiger partial charge in [0.2, 0.25) is 0 Å². The molecule has 0 aromatic heterocycles. The molecule has 4 aliphatic rings. The molecule has 0 amide bonds. The smallest absolute Gasteiger partial charge is 0.312 e. The Morgan fingerprint density at radius 3 is 2.21 bits per heavy atom. The lowest BCUT2D eigenvalue weighted by atomic mass is 9.54. The van der Waals surface area contributed by atoms with Crippen LogP contribution in [0.2, 0.25) is 0 Å². The number of alkyl halides is 2. The molecule has 1 saturated carbocycles. The Hall–Kier alpha value is -1.57. The first-order valence-electron chi connectivity index (χ1n) is 11.2. The Balaban J connectivity index is 1.90. The molecular formula is C24H30Cl2O7. The van der Waals surface area contributed by atoms with E-state index in [1.165, 1.54) is 13.8 Å². The summed E-state index contributed by atoms with van der Waals surface area (Å²) in [5.41, 5.74) is -0.631. The van der Waals surface area contributed by atoms with Crippen molar-refractivity contribution in [1.29, 1.82) is 0 Å². The van der Waals surface area contributed by atoms with Gasteiger partial charge < -0.3 is 18.9 Å². The van der Waals surface area contributed by atoms with E-state index in [0.717, 1.165) is 5.57 Å². The third-order valence-corrected chi connectivity index (χ3v) is 9.15. The van der Waals surface area contributed by atoms with Crippen LogP contribution in [0, 0.1) is 17.3 Å². The molecule has 4 rings (SSSR count). The lowest BCUT2D eigenvalue weighted by molar-refractivity contribution is -0.225. The van der Waals surface area contributed by atoms with Crippen LogP contribution < -0.4 is 0 Å². The maximum absolute atomic E-state index is 12.7. The van der Waals surface area contributed by atoms with E-state index < -0.39 is 75.9 Å². The zero-order valence-electron chi connectivity index (χ0n) is 19.3. The highest BCUT2D eigenvalue weighted by molar-refractivity contribution is 6.23. The van der Waals surface area contributed by atoms with E-state index in [-0.39, 0.29) is 6.42 Å². The van der Waals surface area contributed by atoms with E-state index in [2.05, 4.69) is 13.2 Å². The number of hydrogen-bond acceptors (Lipinski definition) is 7. The molecule has 33 heavy (non-hydrogen) atoms. The first-order chi connectivity index (χ1) is 15.3. The Labute approximate surface area is 203 Å². The second kappa shape index (κ2) is 8.28. The van der Waals surface area contributed by atoms with Gasteiger partial charge >= 0.3 is 17.9 Å². The van der Waals surface area contributed by atoms with Gasteiger partial charge in [-0.3, -0.25) is 14.4 Å². The molecule has 1 aliphatic carbocycles. The van der Waals surface area contributed by atoms with Gasteiger partial charge in [-0.15, -0.1) is 23.2 Å². The summed E-state index contributed by atoms with van der Waals surface area (Å²) < 4.78 is 23.9. The molecule has 0 radical (unpaired) electrons. The second-order valence-electron chi connectivity index (χ2n) is 9.95. The fourth-order valence-electron chi connectivity index (χ4n) is 6.24. The van der Waals surface area contributed by atoms with Crippen LogP contribution in [0.15, 0.2) is 24.3 Å². The monoisotopic (exact) mass is 500 g/mol. The average Bonchev–Trinajstić information content (AvgIpc) is 2.96. The topological polar surface area (TPSA) is 88.1 Å². The van der Waals surface area contributed by atoms with Crippen molar-refractivity contribution in [3.05, 3.63) is 24.3 Å². The summed E-state index contributed by atoms with van der Waals surface area (Å²) in [5.74, 6) is -2.31. The molecule has 3 saturated heterocycles. The maximum Gasteiger partial charge on any atom is 0.312 e. The molecule has 182 valence electrons. The zero-order chi connectivity index (χ0) is 24.5. The Bertz CT molecular complexity index is 918. The first kappa shape index (κ1) is 24.6. The standard InChI is InChI=1S/C24H30Cl2O7/c1-10-15-9-24-12(3)22(29)32-21(24)20(26)11(2)17(33-24)8-19(31-14(5)28)23(15,6)18(7-16(10)25)30-13(4)27/h12,15-21H,1-2,7-9H2,3-6H3/t12-,15-,16-,17-,18-,19-,20-,21-,23+,24-/m0/s1. The highest BCUT2D eigenvalue weighted by Crippen LogP contribution is 2.60. The predicted molar refractivity (Wildman–Crippen MR) is 121 cm³/mol. The minimum Gasteiger partial charge on any atom is -0.462 e. The number of rotatable bonds is 2. The number of hydrogen-bond donors (Lipinski definition) is 0. The molecule has 1 spiro atoms. The van der Waals surface area contributed by atoms with Crippen molar-refractivity contribution in [3.63, 3.8) is 0 Å². The summed E-state index contributed by atoms with van der Waals surface area (Å²) in [6, 6.07) is 0. The van der Waals surface area contributed by atoms with Gasteiger partial charge in [-0.05, 0) is 24.8 Å². The first-order valence-corrected chi connectivity index (χ1v) is 12.1. The Morgan fingerprint density at radius 2 is 1.64 bits per heavy atom. The third kappa shape index (κ3) is 3.62. The molecule has 4 fully saturated rings. The van der Waals surface area contributed by atoms with Gasteiger partial charge in [0.15, 0.2) is 6.10 Å². The third-order valence-electron chi connectivity index (χ3n) is 8.18. The van der Waals surface area contributed by atoms with Gasteiger partial charge in [-0.2, -0.15) is 0 Å². The van der Waals surface area contributed by atoms with Crippen molar-refractivity contribution in [2.75, 3.05) is 0 Å². The molecule has 0 aromatic rings. The second-order valence-corrected chi connectivity index (χ2v) is 10.9. The summed E-state index contributed by atoms with van der Waals surface area (Å²) in [4.78, 5) is 36.9. The zero-order valence-corrected chi connectivity index (χ0v) is 20.8. The van der Waals surface area contributed by atoms with Crippen molar-refractivity contribution in [2.24, 2.45) is 17.3 Å². The van der Waals surface area contributed by atoms with E-state index >= 15 is 0 Å². The van der Waals surface area contributed by atoms with Gasteiger partial charge in [0.25, 0.3) is 0 Å². The predicted octanol–water partition coefficient (Wildman–Crippen LogP) is 3.70. The van der Waals surface area contributed by atoms with E-state index in [1.807, 2.05) is 6.92 Å². The molecular weight excluding hydrogens is 471 g/mol. The van der Waals surface area contributed by atoms with E-state index in [4.69, 9.17) is 42.1 Å². The molecule has 3 heterocycles. The Morgan fingerprint density at radius 1 is 1.06 bits per heavy atom. The van der Waals surface area contributed by atoms with Crippen LogP contribution in [0.1, 0.15) is 47.0 Å². The SMILES string of the molecule is C=C1[C@@H]2C[C@H](OC(C)=O)[C@@]3(C)[C@@H](OC(C)=O)C[C@H](Cl)C(=C)[C@@H]3C[C@]3(O2)[C@@H](C)C(=O)O[C@H]3[C@H]1Cl. The minimum absolute atomic E-state index is 0.238. The van der Waals surface area contributed by atoms with Crippen molar-refractivity contribution in [3.8, 4) is 0 Å². The highest BCUT2D eigenvalue weighted by atomic mass is 35.5. The summed E-state index contributed by atoms with van der Waals surface area (Å²) >= 11 is 13.5. The van der Waals surface area contributed by atoms with Gasteiger partial charge in [0, 0.05) is 32.1 Å². The van der Waals surface area contributed by atoms with Gasteiger partial charge in [0.05, 0.1) is 22.8 Å². The lowest BCUT2D eigenvalue weighted by Gasteiger charge is -2.58. The van der Waals surface area contributed by atoms with Crippen LogP contribution in [-0.4, -0.2) is 58.7 Å². The minimum atomic E-state index is -1.04. The quantitative estimate of drug-likeness (QED) is 0.247. The normalized spacial score (nSPS) is 46.9. The number of carbonyl (C=O) groups excluding carboxylic acids is 3. The summed E-state index contributed by atoms with van der Waals surface area (Å²) in [6.45, 7) is 14.8. The molecule has 3 aliphatic heterocycles. The molecule has 9 heteroatoms. The average molecular weight is 501 g/mol. The highest BCUT2D eigenvalue weighted by Gasteiger charge is 2.68. The number of halogens is 2. The van der Waals surface area contributed by atoms with Crippen molar-refractivity contribution in [2.45, 2.75) is 87.7 Å². The lowest BCUT2D eigenvalue weighted by Crippen LogP contribution is -2.66. The summed E-state index contributed by atoms with van der Waals surface area (Å²) in [7, 11) is 0. The van der Waals surface area contributed by atoms with E-state index in [0.29, 0.717) is 18.4 Å². The maximum atomic E-state index is 12.7. The van der Waals surface area contributed by atoms with E-state index in [1.54, 1.807) is 6.92 Å². The summed E-state index contributed by atoms with van der Waals surface area (Å²) in [6.07, 6.45) is -1.78. The van der Waals surface area contributed by atoms with Gasteiger partial charge in [-0.1, -0.05) is 25.7 Å². The number of esters is 3. The Kier molecular flexibility index (Phi) is 6.16. The van der Waals surface area contributed by atoms with E-state index in [9.17, 15) is 14.4 Å². The van der Waals surface area contributed by atoms with Crippen LogP contribution >= 0.6 is 23.2 Å². The fourth-order valence-corrected chi connectivity index (χ4v) is 6.96. The molecule has 0 aromatic carbocycles. The number of allylic oxidation sites excluding steroid dienone is 1. The van der Waals surface area contributed by atoms with Gasteiger partial charge in [0.1, 0.15) is 17.8 Å². The molecule has 2 bridgehead atoms. The van der Waals surface area contributed by atoms with Crippen LogP contribution in [-0.2, 0) is 33.3 Å². The van der Waals surface area contributed by atoms with Crippen molar-refractivity contribution >= 4 is 41.1 Å². The number of carbonyl (C=O) groups is 3. The number of ether oxygens (including phenoxy) is 4. The number of fused-ring (bicyclic) bond motifs is 2. The van der Waals surface area contributed by atoms with Crippen LogP contribution in [0.3, 0.4) is 0 Å². The van der Waals surface area contributed by atoms with Crippen LogP contribution in [0.25, 0.3) is 0 Å². The molecule has 0 N–H and O–H groups in total. The van der Waals surface area contributed by atoms with Crippen LogP contribution in [0.5, 0.6) is 0 Å². The molecule has 10 atom stereocenters.